The van der Waals surface area contributed by atoms with Gasteiger partial charge in [-0.3, -0.25) is 0 Å². The number of aliphatic hydroxyl groups is 2. The van der Waals surface area contributed by atoms with Crippen LogP contribution in [0.4, 0.5) is 4.39 Å². The molecule has 0 aliphatic heterocycles. The zero-order chi connectivity index (χ0) is 24.6. The molecule has 34 heavy (non-hydrogen) atoms. The summed E-state index contributed by atoms with van der Waals surface area (Å²) in [5.74, 6) is -2.89. The highest BCUT2D eigenvalue weighted by Crippen LogP contribution is 2.49. The van der Waals surface area contributed by atoms with Crippen molar-refractivity contribution in [2.45, 2.75) is 26.7 Å². The Balaban J connectivity index is 2.14. The van der Waals surface area contributed by atoms with Gasteiger partial charge in [-0.25, -0.2) is 21.2 Å². The van der Waals surface area contributed by atoms with Crippen LogP contribution in [-0.4, -0.2) is 44.3 Å². The van der Waals surface area contributed by atoms with Crippen molar-refractivity contribution >= 4 is 19.7 Å². The van der Waals surface area contributed by atoms with E-state index in [-0.39, 0.29) is 16.2 Å². The van der Waals surface area contributed by atoms with Crippen LogP contribution in [0.25, 0.3) is 0 Å². The lowest BCUT2D eigenvalue weighted by atomic mass is 9.87. The molecule has 0 bridgehead atoms. The van der Waals surface area contributed by atoms with E-state index < -0.39 is 61.0 Å². The van der Waals surface area contributed by atoms with Gasteiger partial charge in [-0.1, -0.05) is 42.5 Å². The van der Waals surface area contributed by atoms with Crippen LogP contribution in [0.1, 0.15) is 11.1 Å². The summed E-state index contributed by atoms with van der Waals surface area (Å²) < 4.78 is 68.9. The summed E-state index contributed by atoms with van der Waals surface area (Å²) in [5.41, 5.74) is 0.751. The fourth-order valence-corrected chi connectivity index (χ4v) is 10.5. The van der Waals surface area contributed by atoms with E-state index in [4.69, 9.17) is 0 Å². The highest BCUT2D eigenvalue weighted by atomic mass is 32.3. The van der Waals surface area contributed by atoms with Gasteiger partial charge in [0.25, 0.3) is 0 Å². The largest absolute Gasteiger partial charge is 0.396 e. The molecule has 0 amide bonds. The molecule has 0 radical (unpaired) electrons. The standard InChI is InChI=1S/C25H25FO6S2/c26-21-12-11-18-15-25(33(29,30)22-7-3-1-4-8-22,34(31,32)23-9-5-2-6-10-23)24(17-28)20(16-27)13-19(18)14-21/h1-12,14,20,24,27-28H,13,15-17H2/t20-,24+/m1/s1. The second-order valence-electron chi connectivity index (χ2n) is 8.47. The Kier molecular flexibility index (Phi) is 6.65. The third-order valence-electron chi connectivity index (χ3n) is 6.67. The zero-order valence-corrected chi connectivity index (χ0v) is 19.8. The number of fused-ring (bicyclic) bond motifs is 1. The first-order chi connectivity index (χ1) is 16.2. The third kappa shape index (κ3) is 3.76. The minimum absolute atomic E-state index is 0.0190. The first-order valence-electron chi connectivity index (χ1n) is 10.8. The molecule has 1 aliphatic rings. The van der Waals surface area contributed by atoms with E-state index in [9.17, 15) is 31.4 Å². The molecule has 180 valence electrons. The van der Waals surface area contributed by atoms with Crippen LogP contribution in [-0.2, 0) is 32.5 Å². The number of halogens is 1. The van der Waals surface area contributed by atoms with Gasteiger partial charge in [-0.15, -0.1) is 0 Å². The second-order valence-corrected chi connectivity index (χ2v) is 13.1. The molecule has 0 spiro atoms. The van der Waals surface area contributed by atoms with Gasteiger partial charge in [0.2, 0.25) is 0 Å². The van der Waals surface area contributed by atoms with Crippen molar-refractivity contribution in [2.75, 3.05) is 13.2 Å². The van der Waals surface area contributed by atoms with Gasteiger partial charge in [0.15, 0.2) is 23.8 Å². The maximum absolute atomic E-state index is 14.3. The van der Waals surface area contributed by atoms with Crippen LogP contribution in [0, 0.1) is 17.7 Å². The molecule has 4 rings (SSSR count). The van der Waals surface area contributed by atoms with Gasteiger partial charge in [0.1, 0.15) is 5.82 Å². The average Bonchev–Trinajstić information content (AvgIpc) is 2.99. The van der Waals surface area contributed by atoms with E-state index in [0.29, 0.717) is 11.1 Å². The van der Waals surface area contributed by atoms with E-state index >= 15 is 0 Å². The van der Waals surface area contributed by atoms with Crippen LogP contribution >= 0.6 is 0 Å². The molecule has 0 fully saturated rings. The van der Waals surface area contributed by atoms with E-state index in [1.54, 1.807) is 12.1 Å². The molecule has 0 saturated carbocycles. The number of aliphatic hydroxyl groups excluding tert-OH is 2. The van der Waals surface area contributed by atoms with E-state index in [1.165, 1.54) is 60.7 Å². The predicted molar refractivity (Wildman–Crippen MR) is 125 cm³/mol. The number of hydrogen-bond acceptors (Lipinski definition) is 6. The predicted octanol–water partition coefficient (Wildman–Crippen LogP) is 2.79. The topological polar surface area (TPSA) is 109 Å². The van der Waals surface area contributed by atoms with Gasteiger partial charge in [0.05, 0.1) is 9.79 Å². The van der Waals surface area contributed by atoms with Gasteiger partial charge >= 0.3 is 0 Å². The van der Waals surface area contributed by atoms with Crippen molar-refractivity contribution < 1.29 is 31.4 Å². The third-order valence-corrected chi connectivity index (χ3v) is 12.5. The van der Waals surface area contributed by atoms with Crippen LogP contribution in [0.3, 0.4) is 0 Å². The Hall–Kier alpha value is -2.59. The molecule has 9 heteroatoms. The SMILES string of the molecule is O=S(=O)(c1ccccc1)C1(S(=O)(=O)c2ccccc2)Cc2ccc(F)cc2C[C@H](CO)[C@@H]1CO. The van der Waals surface area contributed by atoms with Crippen LogP contribution in [0.15, 0.2) is 88.7 Å². The molecular weight excluding hydrogens is 479 g/mol. The van der Waals surface area contributed by atoms with Crippen molar-refractivity contribution in [1.82, 2.24) is 0 Å². The molecule has 3 aromatic rings. The molecule has 6 nitrogen and oxygen atoms in total. The quantitative estimate of drug-likeness (QED) is 0.500. The number of sulfone groups is 2. The van der Waals surface area contributed by atoms with Gasteiger partial charge in [-0.2, -0.15) is 0 Å². The maximum atomic E-state index is 14.3. The van der Waals surface area contributed by atoms with E-state index in [1.807, 2.05) is 0 Å². The molecule has 1 aliphatic carbocycles. The monoisotopic (exact) mass is 504 g/mol. The van der Waals surface area contributed by atoms with Crippen molar-refractivity contribution in [3.8, 4) is 0 Å². The summed E-state index contributed by atoms with van der Waals surface area (Å²) >= 11 is 0. The summed E-state index contributed by atoms with van der Waals surface area (Å²) in [7, 11) is -9.33. The summed E-state index contributed by atoms with van der Waals surface area (Å²) in [6, 6.07) is 18.2. The Morgan fingerprint density at radius 2 is 1.29 bits per heavy atom. The molecule has 0 unspecified atom stereocenters. The van der Waals surface area contributed by atoms with Gasteiger partial charge in [-0.05, 0) is 59.9 Å². The fourth-order valence-electron chi connectivity index (χ4n) is 4.95. The first kappa shape index (κ1) is 24.5. The summed E-state index contributed by atoms with van der Waals surface area (Å²) in [6.45, 7) is -1.39. The normalized spacial score (nSPS) is 20.3. The molecule has 0 heterocycles. The van der Waals surface area contributed by atoms with Crippen molar-refractivity contribution in [3.05, 3.63) is 95.8 Å². The lowest BCUT2D eigenvalue weighted by Gasteiger charge is -2.40. The number of hydrogen-bond donors (Lipinski definition) is 2. The van der Waals surface area contributed by atoms with Crippen molar-refractivity contribution in [3.63, 3.8) is 0 Å². The summed E-state index contributed by atoms with van der Waals surface area (Å²) in [5, 5.41) is 20.7. The van der Waals surface area contributed by atoms with Crippen molar-refractivity contribution in [2.24, 2.45) is 11.8 Å². The maximum Gasteiger partial charge on any atom is 0.199 e. The van der Waals surface area contributed by atoms with E-state index in [2.05, 4.69) is 0 Å². The molecule has 2 N–H and O–H groups in total. The molecule has 2 atom stereocenters. The van der Waals surface area contributed by atoms with E-state index in [0.717, 1.165) is 6.07 Å². The Bertz CT molecular complexity index is 1300. The summed E-state index contributed by atoms with van der Waals surface area (Å²) in [6.07, 6.45) is -0.482. The highest BCUT2D eigenvalue weighted by molar-refractivity contribution is 8.10. The fraction of sp³-hybridized carbons (Fsp3) is 0.280. The Morgan fingerprint density at radius 1 is 0.765 bits per heavy atom. The second kappa shape index (κ2) is 9.22. The number of rotatable bonds is 6. The lowest BCUT2D eigenvalue weighted by Crippen LogP contribution is -2.57. The summed E-state index contributed by atoms with van der Waals surface area (Å²) in [4.78, 5) is -0.426. The minimum atomic E-state index is -4.66. The zero-order valence-electron chi connectivity index (χ0n) is 18.2. The molecular formula is C25H25FO6S2. The van der Waals surface area contributed by atoms with Crippen LogP contribution < -0.4 is 0 Å². The number of benzene rings is 3. The minimum Gasteiger partial charge on any atom is -0.396 e. The van der Waals surface area contributed by atoms with Crippen molar-refractivity contribution in [1.29, 1.82) is 0 Å². The molecule has 0 aromatic heterocycles. The Morgan fingerprint density at radius 3 is 1.76 bits per heavy atom. The van der Waals surface area contributed by atoms with Gasteiger partial charge in [0, 0.05) is 25.6 Å². The average molecular weight is 505 g/mol. The Labute approximate surface area is 198 Å². The van der Waals surface area contributed by atoms with Crippen LogP contribution in [0.2, 0.25) is 0 Å². The molecule has 3 aromatic carbocycles. The van der Waals surface area contributed by atoms with Crippen LogP contribution in [0.5, 0.6) is 0 Å². The smallest absolute Gasteiger partial charge is 0.199 e. The molecule has 0 saturated heterocycles. The van der Waals surface area contributed by atoms with Gasteiger partial charge < -0.3 is 10.2 Å². The first-order valence-corrected chi connectivity index (χ1v) is 13.7. The lowest BCUT2D eigenvalue weighted by molar-refractivity contribution is 0.110. The highest BCUT2D eigenvalue weighted by Gasteiger charge is 2.63.